The Balaban J connectivity index is 1.68. The zero-order valence-corrected chi connectivity index (χ0v) is 14.3. The van der Waals surface area contributed by atoms with Crippen molar-refractivity contribution in [3.63, 3.8) is 0 Å². The van der Waals surface area contributed by atoms with Crippen LogP contribution in [0.2, 0.25) is 0 Å². The van der Waals surface area contributed by atoms with E-state index in [1.165, 1.54) is 4.31 Å². The Morgan fingerprint density at radius 1 is 1.17 bits per heavy atom. The second kappa shape index (κ2) is 7.31. The van der Waals surface area contributed by atoms with Gasteiger partial charge < -0.3 is 9.15 Å². The largest absolute Gasteiger partial charge is 0.465 e. The van der Waals surface area contributed by atoms with E-state index in [1.807, 2.05) is 19.1 Å². The topological polar surface area (TPSA) is 75.0 Å². The van der Waals surface area contributed by atoms with Crippen LogP contribution in [-0.2, 0) is 14.9 Å². The lowest BCUT2D eigenvalue weighted by molar-refractivity contribution is 0.0723. The van der Waals surface area contributed by atoms with Crippen LogP contribution in [0.15, 0.2) is 16.5 Å². The van der Waals surface area contributed by atoms with Crippen LogP contribution in [0.4, 0.5) is 0 Å². The molecule has 2 aliphatic rings. The predicted octanol–water partition coefficient (Wildman–Crippen LogP) is 0.892. The summed E-state index contributed by atoms with van der Waals surface area (Å²) in [5.41, 5.74) is 0. The first-order chi connectivity index (χ1) is 11.1. The van der Waals surface area contributed by atoms with Gasteiger partial charge in [-0.2, -0.15) is 12.7 Å². The van der Waals surface area contributed by atoms with Crippen molar-refractivity contribution < 1.29 is 17.6 Å². The summed E-state index contributed by atoms with van der Waals surface area (Å²) >= 11 is 0. The number of morpholine rings is 1. The zero-order chi connectivity index (χ0) is 16.3. The highest BCUT2D eigenvalue weighted by molar-refractivity contribution is 7.87. The van der Waals surface area contributed by atoms with Gasteiger partial charge in [-0.25, -0.2) is 4.72 Å². The van der Waals surface area contributed by atoms with E-state index in [0.29, 0.717) is 32.8 Å². The molecule has 0 bridgehead atoms. The van der Waals surface area contributed by atoms with Gasteiger partial charge in [-0.3, -0.25) is 4.90 Å². The number of aryl methyl sites for hydroxylation is 1. The van der Waals surface area contributed by atoms with Gasteiger partial charge >= 0.3 is 0 Å². The fourth-order valence-electron chi connectivity index (χ4n) is 3.16. The summed E-state index contributed by atoms with van der Waals surface area (Å²) < 4.78 is 40.1. The Hall–Kier alpha value is -0.930. The van der Waals surface area contributed by atoms with Gasteiger partial charge in [0.2, 0.25) is 0 Å². The molecule has 0 aromatic carbocycles. The fourth-order valence-corrected chi connectivity index (χ4v) is 4.34. The molecule has 0 aliphatic carbocycles. The van der Waals surface area contributed by atoms with Crippen LogP contribution in [0, 0.1) is 6.92 Å². The molecule has 2 saturated heterocycles. The molecule has 3 rings (SSSR count). The van der Waals surface area contributed by atoms with E-state index in [0.717, 1.165) is 37.5 Å². The van der Waals surface area contributed by atoms with Crippen molar-refractivity contribution in [2.75, 3.05) is 45.9 Å². The molecule has 0 spiro atoms. The molecule has 8 heteroatoms. The van der Waals surface area contributed by atoms with E-state index >= 15 is 0 Å². The molecule has 1 N–H and O–H groups in total. The molecular formula is C15H25N3O4S. The number of rotatable bonds is 6. The van der Waals surface area contributed by atoms with E-state index in [1.54, 1.807) is 0 Å². The average Bonchev–Trinajstić information content (AvgIpc) is 3.21. The third-order valence-electron chi connectivity index (χ3n) is 4.44. The minimum absolute atomic E-state index is 0.0537. The number of furan rings is 1. The van der Waals surface area contributed by atoms with Crippen LogP contribution in [0.25, 0.3) is 0 Å². The summed E-state index contributed by atoms with van der Waals surface area (Å²) in [7, 11) is -3.47. The maximum absolute atomic E-state index is 12.5. The third kappa shape index (κ3) is 4.13. The molecule has 1 aromatic heterocycles. The summed E-state index contributed by atoms with van der Waals surface area (Å²) in [5, 5.41) is 0. The van der Waals surface area contributed by atoms with Crippen molar-refractivity contribution in [3.8, 4) is 0 Å². The Kier molecular flexibility index (Phi) is 5.38. The molecule has 2 fully saturated rings. The summed E-state index contributed by atoms with van der Waals surface area (Å²) in [6.45, 7) is 5.90. The Labute approximate surface area is 137 Å². The molecule has 130 valence electrons. The molecule has 0 unspecified atom stereocenters. The molecule has 3 heterocycles. The van der Waals surface area contributed by atoms with Gasteiger partial charge in [0.25, 0.3) is 10.2 Å². The molecule has 0 amide bonds. The maximum atomic E-state index is 12.5. The van der Waals surface area contributed by atoms with Gasteiger partial charge in [-0.15, -0.1) is 0 Å². The summed E-state index contributed by atoms with van der Waals surface area (Å²) in [4.78, 5) is 2.29. The molecule has 1 atom stereocenters. The number of ether oxygens (including phenoxy) is 1. The van der Waals surface area contributed by atoms with Crippen LogP contribution in [0.1, 0.15) is 30.4 Å². The van der Waals surface area contributed by atoms with Crippen molar-refractivity contribution in [1.82, 2.24) is 13.9 Å². The zero-order valence-electron chi connectivity index (χ0n) is 13.5. The van der Waals surface area contributed by atoms with Crippen molar-refractivity contribution >= 4 is 10.2 Å². The molecule has 1 aromatic rings. The molecule has 0 saturated carbocycles. The third-order valence-corrected chi connectivity index (χ3v) is 6.02. The van der Waals surface area contributed by atoms with Crippen molar-refractivity contribution in [2.45, 2.75) is 25.8 Å². The van der Waals surface area contributed by atoms with E-state index in [9.17, 15) is 8.42 Å². The van der Waals surface area contributed by atoms with E-state index < -0.39 is 10.2 Å². The lowest BCUT2D eigenvalue weighted by atomic mass is 10.2. The van der Waals surface area contributed by atoms with Gasteiger partial charge in [0.1, 0.15) is 11.5 Å². The van der Waals surface area contributed by atoms with Crippen molar-refractivity contribution in [1.29, 1.82) is 0 Å². The first-order valence-corrected chi connectivity index (χ1v) is 9.63. The second-order valence-electron chi connectivity index (χ2n) is 6.07. The van der Waals surface area contributed by atoms with Gasteiger partial charge in [0.05, 0.1) is 19.3 Å². The van der Waals surface area contributed by atoms with E-state index in [4.69, 9.17) is 9.15 Å². The van der Waals surface area contributed by atoms with Crippen LogP contribution < -0.4 is 4.72 Å². The number of likely N-dealkylation sites (tertiary alicyclic amines) is 1. The van der Waals surface area contributed by atoms with Crippen molar-refractivity contribution in [3.05, 3.63) is 23.7 Å². The SMILES string of the molecule is Cc1ccc([C@H](CNS(=O)(=O)N2CCOCC2)N2CCCC2)o1. The van der Waals surface area contributed by atoms with Crippen LogP contribution >= 0.6 is 0 Å². The normalized spacial score (nSPS) is 22.5. The van der Waals surface area contributed by atoms with E-state index in [-0.39, 0.29) is 6.04 Å². The number of nitrogens with zero attached hydrogens (tertiary/aromatic N) is 2. The summed E-state index contributed by atoms with van der Waals surface area (Å²) in [5.74, 6) is 1.68. The Morgan fingerprint density at radius 3 is 2.48 bits per heavy atom. The fraction of sp³-hybridized carbons (Fsp3) is 0.733. The van der Waals surface area contributed by atoms with Crippen LogP contribution in [-0.4, -0.2) is 63.6 Å². The number of hydrogen-bond acceptors (Lipinski definition) is 5. The van der Waals surface area contributed by atoms with Crippen molar-refractivity contribution in [2.24, 2.45) is 0 Å². The monoisotopic (exact) mass is 343 g/mol. The van der Waals surface area contributed by atoms with Gasteiger partial charge in [-0.05, 0) is 45.0 Å². The molecule has 2 aliphatic heterocycles. The highest BCUT2D eigenvalue weighted by Gasteiger charge is 2.30. The highest BCUT2D eigenvalue weighted by Crippen LogP contribution is 2.26. The smallest absolute Gasteiger partial charge is 0.279 e. The highest BCUT2D eigenvalue weighted by atomic mass is 32.2. The summed E-state index contributed by atoms with van der Waals surface area (Å²) in [6, 6.07) is 3.82. The molecule has 23 heavy (non-hydrogen) atoms. The lowest BCUT2D eigenvalue weighted by Gasteiger charge is -2.29. The van der Waals surface area contributed by atoms with Crippen LogP contribution in [0.5, 0.6) is 0 Å². The van der Waals surface area contributed by atoms with Gasteiger partial charge in [-0.1, -0.05) is 0 Å². The number of nitrogens with one attached hydrogen (secondary N) is 1. The quantitative estimate of drug-likeness (QED) is 0.830. The molecular weight excluding hydrogens is 318 g/mol. The Morgan fingerprint density at radius 2 is 1.87 bits per heavy atom. The van der Waals surface area contributed by atoms with Gasteiger partial charge in [0.15, 0.2) is 0 Å². The molecule has 0 radical (unpaired) electrons. The van der Waals surface area contributed by atoms with E-state index in [2.05, 4.69) is 9.62 Å². The molecule has 7 nitrogen and oxygen atoms in total. The Bertz CT molecular complexity index is 604. The minimum Gasteiger partial charge on any atom is -0.465 e. The first-order valence-electron chi connectivity index (χ1n) is 8.19. The minimum atomic E-state index is -3.47. The predicted molar refractivity (Wildman–Crippen MR) is 86.3 cm³/mol. The lowest BCUT2D eigenvalue weighted by Crippen LogP contribution is -2.48. The van der Waals surface area contributed by atoms with Crippen LogP contribution in [0.3, 0.4) is 0 Å². The number of hydrogen-bond donors (Lipinski definition) is 1. The second-order valence-corrected chi connectivity index (χ2v) is 7.83. The average molecular weight is 343 g/mol. The summed E-state index contributed by atoms with van der Waals surface area (Å²) in [6.07, 6.45) is 2.29. The standard InChI is InChI=1S/C15H25N3O4S/c1-13-4-5-15(22-13)14(17-6-2-3-7-17)12-16-23(19,20)18-8-10-21-11-9-18/h4-5,14,16H,2-3,6-12H2,1H3/t14-/m0/s1. The first kappa shape index (κ1) is 16.9. The van der Waals surface area contributed by atoms with Gasteiger partial charge in [0, 0.05) is 19.6 Å². The maximum Gasteiger partial charge on any atom is 0.279 e.